The molecule has 1 heterocycles. The average Bonchev–Trinajstić information content (AvgIpc) is 2.83. The number of ether oxygens (including phenoxy) is 2. The minimum absolute atomic E-state index is 0.273. The fourth-order valence-corrected chi connectivity index (χ4v) is 3.25. The maximum Gasteiger partial charge on any atom is 0.341 e. The van der Waals surface area contributed by atoms with Crippen LogP contribution in [0, 0.1) is 13.8 Å². The van der Waals surface area contributed by atoms with E-state index in [1.165, 1.54) is 11.3 Å². The van der Waals surface area contributed by atoms with Crippen molar-refractivity contribution in [1.82, 2.24) is 0 Å². The topological polar surface area (TPSA) is 64.6 Å². The van der Waals surface area contributed by atoms with E-state index in [0.717, 1.165) is 10.4 Å². The zero-order valence-electron chi connectivity index (χ0n) is 14.3. The molecule has 2 aromatic rings. The Morgan fingerprint density at radius 3 is 2.33 bits per heavy atom. The number of hydrogen-bond acceptors (Lipinski definition) is 5. The summed E-state index contributed by atoms with van der Waals surface area (Å²) in [5.41, 5.74) is 1.76. The van der Waals surface area contributed by atoms with Crippen molar-refractivity contribution < 1.29 is 19.1 Å². The van der Waals surface area contributed by atoms with Gasteiger partial charge in [-0.25, -0.2) is 4.79 Å². The van der Waals surface area contributed by atoms with Gasteiger partial charge in [-0.15, -0.1) is 11.3 Å². The molecule has 1 N–H and O–H groups in total. The third-order valence-electron chi connectivity index (χ3n) is 3.52. The van der Waals surface area contributed by atoms with Crippen LogP contribution < -0.4 is 10.1 Å². The highest BCUT2D eigenvalue weighted by Crippen LogP contribution is 2.33. The first-order valence-corrected chi connectivity index (χ1v) is 8.60. The summed E-state index contributed by atoms with van der Waals surface area (Å²) in [5.74, 6) is 0.0234. The number of anilines is 1. The Morgan fingerprint density at radius 2 is 1.75 bits per heavy atom. The molecule has 0 fully saturated rings. The van der Waals surface area contributed by atoms with E-state index < -0.39 is 5.97 Å². The summed E-state index contributed by atoms with van der Waals surface area (Å²) < 4.78 is 10.5. The maximum atomic E-state index is 12.4. The van der Waals surface area contributed by atoms with Crippen LogP contribution >= 0.6 is 11.3 Å². The monoisotopic (exact) mass is 347 g/mol. The van der Waals surface area contributed by atoms with Crippen LogP contribution in [0.2, 0.25) is 0 Å². The van der Waals surface area contributed by atoms with Crippen LogP contribution in [-0.4, -0.2) is 25.1 Å². The molecule has 0 aliphatic heterocycles. The molecule has 0 bridgehead atoms. The lowest BCUT2D eigenvalue weighted by atomic mass is 10.1. The largest absolute Gasteiger partial charge is 0.494 e. The Bertz CT molecular complexity index is 734. The van der Waals surface area contributed by atoms with Crippen molar-refractivity contribution >= 4 is 28.2 Å². The van der Waals surface area contributed by atoms with E-state index in [2.05, 4.69) is 5.32 Å². The molecule has 1 aromatic carbocycles. The minimum atomic E-state index is -0.415. The number of benzene rings is 1. The third-order valence-corrected chi connectivity index (χ3v) is 4.64. The van der Waals surface area contributed by atoms with Gasteiger partial charge < -0.3 is 14.8 Å². The van der Waals surface area contributed by atoms with Gasteiger partial charge in [-0.2, -0.15) is 0 Å². The molecule has 0 spiro atoms. The zero-order chi connectivity index (χ0) is 17.7. The number of carbonyl (C=O) groups excluding carboxylic acids is 2. The number of nitrogens with one attached hydrogen (secondary N) is 1. The first-order valence-electron chi connectivity index (χ1n) is 7.79. The molecule has 0 radical (unpaired) electrons. The van der Waals surface area contributed by atoms with Gasteiger partial charge in [0.05, 0.1) is 18.8 Å². The van der Waals surface area contributed by atoms with Crippen LogP contribution in [0.25, 0.3) is 0 Å². The lowest BCUT2D eigenvalue weighted by Gasteiger charge is -2.08. The molecule has 24 heavy (non-hydrogen) atoms. The van der Waals surface area contributed by atoms with Crippen molar-refractivity contribution in [3.05, 3.63) is 45.8 Å². The van der Waals surface area contributed by atoms with Crippen LogP contribution in [0.5, 0.6) is 5.75 Å². The van der Waals surface area contributed by atoms with Crippen LogP contribution in [0.1, 0.15) is 45.0 Å². The normalized spacial score (nSPS) is 10.3. The van der Waals surface area contributed by atoms with Crippen LogP contribution in [-0.2, 0) is 4.74 Å². The van der Waals surface area contributed by atoms with Gasteiger partial charge in [0.2, 0.25) is 0 Å². The van der Waals surface area contributed by atoms with Gasteiger partial charge >= 0.3 is 5.97 Å². The average molecular weight is 347 g/mol. The van der Waals surface area contributed by atoms with E-state index in [-0.39, 0.29) is 5.91 Å². The molecule has 1 amide bonds. The van der Waals surface area contributed by atoms with E-state index >= 15 is 0 Å². The number of amides is 1. The summed E-state index contributed by atoms with van der Waals surface area (Å²) in [5, 5.41) is 3.33. The van der Waals surface area contributed by atoms with E-state index in [1.54, 1.807) is 31.2 Å². The number of esters is 1. The molecule has 1 aromatic heterocycles. The minimum Gasteiger partial charge on any atom is -0.494 e. The van der Waals surface area contributed by atoms with Crippen molar-refractivity contribution in [1.29, 1.82) is 0 Å². The van der Waals surface area contributed by atoms with Crippen LogP contribution in [0.4, 0.5) is 5.00 Å². The summed E-state index contributed by atoms with van der Waals surface area (Å²) in [6.45, 7) is 8.28. The summed E-state index contributed by atoms with van der Waals surface area (Å²) in [6, 6.07) is 6.88. The standard InChI is InChI=1S/C18H21NO4S/c1-5-22-14-9-7-13(8-10-14)16(20)19-17-15(18(21)23-6-2)11(3)12(4)24-17/h7-10H,5-6H2,1-4H3,(H,19,20). The second-order valence-corrected chi connectivity index (χ2v) is 6.34. The first kappa shape index (κ1) is 18.0. The summed E-state index contributed by atoms with van der Waals surface area (Å²) in [7, 11) is 0. The maximum absolute atomic E-state index is 12.4. The van der Waals surface area contributed by atoms with Crippen molar-refractivity contribution in [2.24, 2.45) is 0 Å². The highest BCUT2D eigenvalue weighted by atomic mass is 32.1. The molecule has 6 heteroatoms. The quantitative estimate of drug-likeness (QED) is 0.796. The number of aryl methyl sites for hydroxylation is 1. The second-order valence-electron chi connectivity index (χ2n) is 5.12. The Balaban J connectivity index is 2.22. The fourth-order valence-electron chi connectivity index (χ4n) is 2.21. The summed E-state index contributed by atoms with van der Waals surface area (Å²) in [6.07, 6.45) is 0. The molecule has 128 valence electrons. The third kappa shape index (κ3) is 3.94. The Kier molecular flexibility index (Phi) is 5.98. The number of hydrogen-bond donors (Lipinski definition) is 1. The summed E-state index contributed by atoms with van der Waals surface area (Å²) in [4.78, 5) is 25.6. The molecule has 0 atom stereocenters. The van der Waals surface area contributed by atoms with Gasteiger partial charge in [0.1, 0.15) is 10.8 Å². The first-order chi connectivity index (χ1) is 11.5. The van der Waals surface area contributed by atoms with Crippen molar-refractivity contribution in [2.75, 3.05) is 18.5 Å². The highest BCUT2D eigenvalue weighted by Gasteiger charge is 2.22. The lowest BCUT2D eigenvalue weighted by Crippen LogP contribution is -2.14. The van der Waals surface area contributed by atoms with E-state index in [4.69, 9.17) is 9.47 Å². The van der Waals surface area contributed by atoms with Crippen LogP contribution in [0.3, 0.4) is 0 Å². The van der Waals surface area contributed by atoms with Crippen LogP contribution in [0.15, 0.2) is 24.3 Å². The molecule has 0 aliphatic carbocycles. The van der Waals surface area contributed by atoms with E-state index in [9.17, 15) is 9.59 Å². The molecule has 5 nitrogen and oxygen atoms in total. The molecule has 2 rings (SSSR count). The molecule has 0 saturated heterocycles. The van der Waals surface area contributed by atoms with Gasteiger partial charge in [0, 0.05) is 10.4 Å². The van der Waals surface area contributed by atoms with Crippen molar-refractivity contribution in [3.63, 3.8) is 0 Å². The number of thiophene rings is 1. The smallest absolute Gasteiger partial charge is 0.341 e. The molecule has 0 aliphatic rings. The number of rotatable bonds is 6. The van der Waals surface area contributed by atoms with E-state index in [0.29, 0.717) is 35.1 Å². The summed E-state index contributed by atoms with van der Waals surface area (Å²) >= 11 is 1.37. The van der Waals surface area contributed by atoms with Crippen molar-refractivity contribution in [3.8, 4) is 5.75 Å². The van der Waals surface area contributed by atoms with Gasteiger partial charge in [-0.3, -0.25) is 4.79 Å². The predicted molar refractivity (Wildman–Crippen MR) is 95.3 cm³/mol. The molecular formula is C18H21NO4S. The Morgan fingerprint density at radius 1 is 1.08 bits per heavy atom. The number of carbonyl (C=O) groups is 2. The van der Waals surface area contributed by atoms with Gasteiger partial charge in [0.25, 0.3) is 5.91 Å². The van der Waals surface area contributed by atoms with Gasteiger partial charge in [-0.1, -0.05) is 0 Å². The molecular weight excluding hydrogens is 326 g/mol. The predicted octanol–water partition coefficient (Wildman–Crippen LogP) is 4.19. The SMILES string of the molecule is CCOC(=O)c1c(NC(=O)c2ccc(OCC)cc2)sc(C)c1C. The van der Waals surface area contributed by atoms with Gasteiger partial charge in [-0.05, 0) is 57.5 Å². The second kappa shape index (κ2) is 7.97. The lowest BCUT2D eigenvalue weighted by molar-refractivity contribution is 0.0527. The molecule has 0 unspecified atom stereocenters. The van der Waals surface area contributed by atoms with E-state index in [1.807, 2.05) is 20.8 Å². The Labute approximate surface area is 145 Å². The highest BCUT2D eigenvalue weighted by molar-refractivity contribution is 7.16. The molecule has 0 saturated carbocycles. The van der Waals surface area contributed by atoms with Gasteiger partial charge in [0.15, 0.2) is 0 Å². The fraction of sp³-hybridized carbons (Fsp3) is 0.333. The van der Waals surface area contributed by atoms with Crippen molar-refractivity contribution in [2.45, 2.75) is 27.7 Å². The zero-order valence-corrected chi connectivity index (χ0v) is 15.1. The Hall–Kier alpha value is -2.34.